The number of ether oxygens (including phenoxy) is 2. The Labute approximate surface area is 124 Å². The Hall–Kier alpha value is -1.50. The quantitative estimate of drug-likeness (QED) is 0.793. The zero-order valence-electron chi connectivity index (χ0n) is 12.5. The van der Waals surface area contributed by atoms with E-state index in [1.54, 1.807) is 7.11 Å². The summed E-state index contributed by atoms with van der Waals surface area (Å²) in [5.41, 5.74) is 1.93. The van der Waals surface area contributed by atoms with Crippen LogP contribution in [0.1, 0.15) is 5.82 Å². The van der Waals surface area contributed by atoms with Gasteiger partial charge in [-0.25, -0.2) is 9.97 Å². The largest absolute Gasteiger partial charge is 0.384 e. The molecule has 0 unspecified atom stereocenters. The molecule has 6 heteroatoms. The Balaban J connectivity index is 1.77. The molecule has 0 N–H and O–H groups in total. The summed E-state index contributed by atoms with van der Waals surface area (Å²) in [7, 11) is 1.72. The highest BCUT2D eigenvalue weighted by atomic mass is 16.5. The summed E-state index contributed by atoms with van der Waals surface area (Å²) in [6, 6.07) is 3.95. The van der Waals surface area contributed by atoms with Gasteiger partial charge in [0.25, 0.3) is 0 Å². The van der Waals surface area contributed by atoms with Gasteiger partial charge in [0, 0.05) is 45.9 Å². The molecule has 0 aliphatic carbocycles. The van der Waals surface area contributed by atoms with Gasteiger partial charge in [-0.3, -0.25) is 4.90 Å². The normalized spacial score (nSPS) is 16.6. The minimum absolute atomic E-state index is 0.681. The zero-order valence-corrected chi connectivity index (χ0v) is 12.5. The molecule has 0 amide bonds. The monoisotopic (exact) mass is 290 g/mol. The lowest BCUT2D eigenvalue weighted by Crippen LogP contribution is -2.38. The van der Waals surface area contributed by atoms with E-state index in [2.05, 4.69) is 14.5 Å². The summed E-state index contributed by atoms with van der Waals surface area (Å²) in [5, 5.41) is 0. The third kappa shape index (κ3) is 3.40. The topological polar surface area (TPSA) is 52.4 Å². The van der Waals surface area contributed by atoms with Crippen molar-refractivity contribution in [2.75, 3.05) is 46.6 Å². The number of nitrogens with zero attached hydrogens (tertiary/aromatic N) is 4. The van der Waals surface area contributed by atoms with E-state index in [1.807, 2.05) is 18.3 Å². The van der Waals surface area contributed by atoms with Crippen molar-refractivity contribution < 1.29 is 9.47 Å². The predicted molar refractivity (Wildman–Crippen MR) is 80.4 cm³/mol. The van der Waals surface area contributed by atoms with E-state index < -0.39 is 0 Å². The lowest BCUT2D eigenvalue weighted by Gasteiger charge is -2.26. The number of imidazole rings is 1. The second kappa shape index (κ2) is 6.98. The average molecular weight is 290 g/mol. The maximum absolute atomic E-state index is 5.39. The Kier molecular flexibility index (Phi) is 4.80. The Morgan fingerprint density at radius 2 is 2.14 bits per heavy atom. The molecular weight excluding hydrogens is 268 g/mol. The van der Waals surface area contributed by atoms with Crippen molar-refractivity contribution >= 4 is 11.2 Å². The van der Waals surface area contributed by atoms with Crippen molar-refractivity contribution in [1.29, 1.82) is 0 Å². The van der Waals surface area contributed by atoms with Crippen molar-refractivity contribution in [2.45, 2.75) is 13.0 Å². The van der Waals surface area contributed by atoms with Gasteiger partial charge < -0.3 is 14.0 Å². The number of aromatic nitrogens is 3. The second-order valence-corrected chi connectivity index (χ2v) is 5.22. The highest BCUT2D eigenvalue weighted by Crippen LogP contribution is 2.14. The second-order valence-electron chi connectivity index (χ2n) is 5.22. The minimum Gasteiger partial charge on any atom is -0.384 e. The van der Waals surface area contributed by atoms with E-state index in [-0.39, 0.29) is 0 Å². The molecule has 2 aromatic heterocycles. The molecule has 0 bridgehead atoms. The van der Waals surface area contributed by atoms with Crippen molar-refractivity contribution in [3.05, 3.63) is 24.2 Å². The first-order valence-electron chi connectivity index (χ1n) is 7.47. The number of morpholine rings is 1. The molecule has 1 aliphatic rings. The Morgan fingerprint density at radius 1 is 1.29 bits per heavy atom. The maximum atomic E-state index is 5.39. The number of hydrogen-bond donors (Lipinski definition) is 0. The zero-order chi connectivity index (χ0) is 14.5. The molecule has 1 fully saturated rings. The highest BCUT2D eigenvalue weighted by Gasteiger charge is 2.14. The van der Waals surface area contributed by atoms with Crippen molar-refractivity contribution in [3.8, 4) is 0 Å². The van der Waals surface area contributed by atoms with Crippen molar-refractivity contribution in [1.82, 2.24) is 19.4 Å². The third-order valence-corrected chi connectivity index (χ3v) is 3.86. The van der Waals surface area contributed by atoms with Gasteiger partial charge in [0.1, 0.15) is 11.3 Å². The van der Waals surface area contributed by atoms with Crippen LogP contribution in [-0.4, -0.2) is 66.0 Å². The van der Waals surface area contributed by atoms with Crippen LogP contribution in [0.3, 0.4) is 0 Å². The lowest BCUT2D eigenvalue weighted by molar-refractivity contribution is 0.0364. The summed E-state index contributed by atoms with van der Waals surface area (Å²) in [6.07, 6.45) is 2.64. The minimum atomic E-state index is 0.681. The molecule has 0 atom stereocenters. The van der Waals surface area contributed by atoms with Gasteiger partial charge in [-0.1, -0.05) is 0 Å². The van der Waals surface area contributed by atoms with Gasteiger partial charge in [0.15, 0.2) is 5.65 Å². The van der Waals surface area contributed by atoms with E-state index in [0.717, 1.165) is 62.8 Å². The molecule has 0 radical (unpaired) electrons. The molecule has 0 saturated carbocycles. The molecule has 114 valence electrons. The number of pyridine rings is 1. The van der Waals surface area contributed by atoms with E-state index >= 15 is 0 Å². The first-order chi connectivity index (χ1) is 10.4. The molecule has 3 rings (SSSR count). The van der Waals surface area contributed by atoms with Gasteiger partial charge in [-0.15, -0.1) is 0 Å². The first kappa shape index (κ1) is 14.4. The average Bonchev–Trinajstić information content (AvgIpc) is 2.89. The Morgan fingerprint density at radius 3 is 2.95 bits per heavy atom. The Bertz CT molecular complexity index is 578. The van der Waals surface area contributed by atoms with Crippen LogP contribution in [0.15, 0.2) is 18.3 Å². The first-order valence-corrected chi connectivity index (χ1v) is 7.47. The highest BCUT2D eigenvalue weighted by molar-refractivity contribution is 5.71. The van der Waals surface area contributed by atoms with Crippen LogP contribution in [0.4, 0.5) is 0 Å². The fraction of sp³-hybridized carbons (Fsp3) is 0.600. The molecule has 2 aromatic rings. The van der Waals surface area contributed by atoms with E-state index in [1.165, 1.54) is 0 Å². The summed E-state index contributed by atoms with van der Waals surface area (Å²) >= 11 is 0. The SMILES string of the molecule is COCCc1nc2cccnc2n1CCN1CCOCC1. The molecule has 0 spiro atoms. The van der Waals surface area contributed by atoms with Gasteiger partial charge >= 0.3 is 0 Å². The van der Waals surface area contributed by atoms with E-state index in [4.69, 9.17) is 14.5 Å². The molecule has 21 heavy (non-hydrogen) atoms. The van der Waals surface area contributed by atoms with Crippen LogP contribution in [0, 0.1) is 0 Å². The molecular formula is C15H22N4O2. The number of methoxy groups -OCH3 is 1. The lowest BCUT2D eigenvalue weighted by atomic mass is 10.4. The van der Waals surface area contributed by atoms with Crippen LogP contribution in [0.2, 0.25) is 0 Å². The summed E-state index contributed by atoms with van der Waals surface area (Å²) in [5.74, 6) is 1.05. The summed E-state index contributed by atoms with van der Waals surface area (Å²) in [4.78, 5) is 11.6. The number of hydrogen-bond acceptors (Lipinski definition) is 5. The van der Waals surface area contributed by atoms with Crippen LogP contribution >= 0.6 is 0 Å². The maximum Gasteiger partial charge on any atom is 0.160 e. The van der Waals surface area contributed by atoms with Gasteiger partial charge in [-0.05, 0) is 12.1 Å². The van der Waals surface area contributed by atoms with Crippen LogP contribution in [-0.2, 0) is 22.4 Å². The van der Waals surface area contributed by atoms with E-state index in [9.17, 15) is 0 Å². The fourth-order valence-corrected chi connectivity index (χ4v) is 2.69. The molecule has 1 aliphatic heterocycles. The standard InChI is InChI=1S/C15H22N4O2/c1-20-10-4-14-17-13-3-2-5-16-15(13)19(14)7-6-18-8-11-21-12-9-18/h2-3,5H,4,6-12H2,1H3. The molecule has 1 saturated heterocycles. The van der Waals surface area contributed by atoms with Crippen molar-refractivity contribution in [2.24, 2.45) is 0 Å². The smallest absolute Gasteiger partial charge is 0.160 e. The number of rotatable bonds is 6. The molecule has 0 aromatic carbocycles. The summed E-state index contributed by atoms with van der Waals surface area (Å²) < 4.78 is 12.8. The van der Waals surface area contributed by atoms with Crippen LogP contribution < -0.4 is 0 Å². The van der Waals surface area contributed by atoms with Crippen molar-refractivity contribution in [3.63, 3.8) is 0 Å². The van der Waals surface area contributed by atoms with Gasteiger partial charge in [0.2, 0.25) is 0 Å². The fourth-order valence-electron chi connectivity index (χ4n) is 2.69. The van der Waals surface area contributed by atoms with Gasteiger partial charge in [-0.2, -0.15) is 0 Å². The van der Waals surface area contributed by atoms with Crippen LogP contribution in [0.5, 0.6) is 0 Å². The molecule has 3 heterocycles. The predicted octanol–water partition coefficient (Wildman–Crippen LogP) is 0.952. The van der Waals surface area contributed by atoms with Gasteiger partial charge in [0.05, 0.1) is 19.8 Å². The van der Waals surface area contributed by atoms with E-state index in [0.29, 0.717) is 6.61 Å². The summed E-state index contributed by atoms with van der Waals surface area (Å²) in [6.45, 7) is 6.28. The number of fused-ring (bicyclic) bond motifs is 1. The van der Waals surface area contributed by atoms with Crippen LogP contribution in [0.25, 0.3) is 11.2 Å². The molecule has 6 nitrogen and oxygen atoms in total. The third-order valence-electron chi connectivity index (χ3n) is 3.86.